The van der Waals surface area contributed by atoms with Gasteiger partial charge in [-0.2, -0.15) is 5.10 Å². The Morgan fingerprint density at radius 3 is 2.52 bits per heavy atom. The third kappa shape index (κ3) is 4.21. The summed E-state index contributed by atoms with van der Waals surface area (Å²) in [6.45, 7) is 5.01. The topological polar surface area (TPSA) is 58.4 Å². The van der Waals surface area contributed by atoms with Crippen molar-refractivity contribution in [3.05, 3.63) is 53.3 Å². The number of carbonyl (C=O) groups is 2. The summed E-state index contributed by atoms with van der Waals surface area (Å²) in [5.74, 6) is 0.356. The van der Waals surface area contributed by atoms with Gasteiger partial charge in [0.1, 0.15) is 0 Å². The molecule has 0 saturated carbocycles. The number of carbonyl (C=O) groups excluding carboxylic acids is 2. The van der Waals surface area contributed by atoms with Gasteiger partial charge in [0.05, 0.1) is 11.3 Å². The van der Waals surface area contributed by atoms with E-state index in [1.54, 1.807) is 4.68 Å². The summed E-state index contributed by atoms with van der Waals surface area (Å²) >= 11 is 0. The lowest BCUT2D eigenvalue weighted by Crippen LogP contribution is -2.52. The minimum absolute atomic E-state index is 0.0817. The van der Waals surface area contributed by atoms with Crippen molar-refractivity contribution >= 4 is 11.8 Å². The van der Waals surface area contributed by atoms with E-state index >= 15 is 0 Å². The van der Waals surface area contributed by atoms with Gasteiger partial charge in [0.15, 0.2) is 0 Å². The minimum atomic E-state index is 0.0817. The molecule has 29 heavy (non-hydrogen) atoms. The maximum Gasteiger partial charge on any atom is 0.257 e. The third-order valence-electron chi connectivity index (χ3n) is 6.62. The van der Waals surface area contributed by atoms with E-state index < -0.39 is 0 Å². The monoisotopic (exact) mass is 394 g/mol. The molecule has 1 aromatic heterocycles. The molecular formula is C23H30N4O2. The van der Waals surface area contributed by atoms with E-state index in [0.29, 0.717) is 12.0 Å². The Morgan fingerprint density at radius 2 is 1.86 bits per heavy atom. The van der Waals surface area contributed by atoms with Gasteiger partial charge in [0.2, 0.25) is 5.91 Å². The fourth-order valence-corrected chi connectivity index (χ4v) is 4.79. The fraction of sp³-hybridized carbons (Fsp3) is 0.522. The number of amides is 2. The molecule has 0 aliphatic carbocycles. The molecule has 6 nitrogen and oxygen atoms in total. The number of nitrogens with zero attached hydrogens (tertiary/aromatic N) is 4. The van der Waals surface area contributed by atoms with Gasteiger partial charge in [-0.05, 0) is 43.6 Å². The highest BCUT2D eigenvalue weighted by molar-refractivity contribution is 5.95. The van der Waals surface area contributed by atoms with Crippen molar-refractivity contribution in [1.82, 2.24) is 19.6 Å². The molecule has 0 unspecified atom stereocenters. The summed E-state index contributed by atoms with van der Waals surface area (Å²) in [7, 11) is 1.85. The normalized spacial score (nSPS) is 19.0. The highest BCUT2D eigenvalue weighted by Gasteiger charge is 2.41. The Hall–Kier alpha value is -2.63. The lowest BCUT2D eigenvalue weighted by Gasteiger charge is -2.47. The first-order chi connectivity index (χ1) is 14.0. The summed E-state index contributed by atoms with van der Waals surface area (Å²) in [5.41, 5.74) is 2.91. The number of piperidine rings is 2. The molecule has 3 heterocycles. The second kappa shape index (κ2) is 8.01. The second-order valence-electron chi connectivity index (χ2n) is 8.64. The number of hydrogen-bond acceptors (Lipinski definition) is 3. The van der Waals surface area contributed by atoms with Crippen molar-refractivity contribution in [2.45, 2.75) is 39.0 Å². The molecule has 6 heteroatoms. The lowest BCUT2D eigenvalue weighted by molar-refractivity contribution is -0.138. The van der Waals surface area contributed by atoms with Gasteiger partial charge in [0.25, 0.3) is 5.91 Å². The maximum absolute atomic E-state index is 12.9. The predicted octanol–water partition coefficient (Wildman–Crippen LogP) is 2.82. The largest absolute Gasteiger partial charge is 0.342 e. The number of rotatable bonds is 4. The van der Waals surface area contributed by atoms with Gasteiger partial charge < -0.3 is 9.80 Å². The molecule has 0 bridgehead atoms. The van der Waals surface area contributed by atoms with Crippen LogP contribution in [0.4, 0.5) is 0 Å². The summed E-state index contributed by atoms with van der Waals surface area (Å²) in [4.78, 5) is 29.4. The Balaban J connectivity index is 1.36. The van der Waals surface area contributed by atoms with E-state index in [-0.39, 0.29) is 17.2 Å². The Labute approximate surface area is 172 Å². The molecule has 0 atom stereocenters. The maximum atomic E-state index is 12.9. The van der Waals surface area contributed by atoms with E-state index in [4.69, 9.17) is 0 Å². The average Bonchev–Trinajstić information content (AvgIpc) is 3.08. The zero-order chi connectivity index (χ0) is 20.4. The molecule has 0 radical (unpaired) electrons. The van der Waals surface area contributed by atoms with Crippen LogP contribution >= 0.6 is 0 Å². The summed E-state index contributed by atoms with van der Waals surface area (Å²) in [6.07, 6.45) is 6.21. The Kier molecular flexibility index (Phi) is 5.43. The van der Waals surface area contributed by atoms with Crippen molar-refractivity contribution in [3.8, 4) is 0 Å². The van der Waals surface area contributed by atoms with Gasteiger partial charge in [-0.1, -0.05) is 30.3 Å². The van der Waals surface area contributed by atoms with Crippen LogP contribution in [0.15, 0.2) is 36.5 Å². The molecule has 2 aliphatic heterocycles. The van der Waals surface area contributed by atoms with Crippen LogP contribution in [-0.4, -0.2) is 57.6 Å². The summed E-state index contributed by atoms with van der Waals surface area (Å²) in [6, 6.07) is 10.4. The summed E-state index contributed by atoms with van der Waals surface area (Å²) in [5, 5.41) is 4.30. The lowest BCUT2D eigenvalue weighted by atomic mass is 9.72. The Morgan fingerprint density at radius 1 is 1.14 bits per heavy atom. The van der Waals surface area contributed by atoms with Crippen LogP contribution in [0.5, 0.6) is 0 Å². The fourth-order valence-electron chi connectivity index (χ4n) is 4.79. The van der Waals surface area contributed by atoms with Crippen molar-refractivity contribution in [1.29, 1.82) is 0 Å². The molecular weight excluding hydrogens is 364 g/mol. The van der Waals surface area contributed by atoms with Crippen LogP contribution < -0.4 is 0 Å². The van der Waals surface area contributed by atoms with Crippen molar-refractivity contribution in [3.63, 3.8) is 0 Å². The molecule has 2 amide bonds. The van der Waals surface area contributed by atoms with Gasteiger partial charge in [-0.3, -0.25) is 14.3 Å². The standard InChI is InChI=1S/C23H30N4O2/c1-18-20(16-25(2)24-18)22(29)26-14-11-23(12-15-26)10-8-21(28)27(17-23)13-9-19-6-4-3-5-7-19/h3-7,16H,8-15,17H2,1-2H3. The van der Waals surface area contributed by atoms with E-state index in [1.807, 2.05) is 43.3 Å². The third-order valence-corrected chi connectivity index (χ3v) is 6.62. The van der Waals surface area contributed by atoms with E-state index in [9.17, 15) is 9.59 Å². The van der Waals surface area contributed by atoms with Crippen LogP contribution in [-0.2, 0) is 18.3 Å². The first kappa shape index (κ1) is 19.7. The van der Waals surface area contributed by atoms with E-state index in [1.165, 1.54) is 5.56 Å². The predicted molar refractivity (Wildman–Crippen MR) is 111 cm³/mol. The molecule has 2 saturated heterocycles. The molecule has 4 rings (SSSR count). The molecule has 2 aliphatic rings. The van der Waals surface area contributed by atoms with E-state index in [0.717, 1.165) is 57.6 Å². The zero-order valence-electron chi connectivity index (χ0n) is 17.4. The Bertz CT molecular complexity index is 882. The van der Waals surface area contributed by atoms with Crippen LogP contribution in [0, 0.1) is 12.3 Å². The van der Waals surface area contributed by atoms with Gasteiger partial charge in [-0.25, -0.2) is 0 Å². The van der Waals surface area contributed by atoms with Crippen LogP contribution in [0.3, 0.4) is 0 Å². The van der Waals surface area contributed by atoms with E-state index in [2.05, 4.69) is 22.1 Å². The van der Waals surface area contributed by atoms with Crippen LogP contribution in [0.25, 0.3) is 0 Å². The van der Waals surface area contributed by atoms with Gasteiger partial charge in [0, 0.05) is 45.8 Å². The molecule has 0 N–H and O–H groups in total. The molecule has 154 valence electrons. The number of aromatic nitrogens is 2. The van der Waals surface area contributed by atoms with Gasteiger partial charge in [-0.15, -0.1) is 0 Å². The molecule has 2 fully saturated rings. The SMILES string of the molecule is Cc1nn(C)cc1C(=O)N1CCC2(CCC(=O)N(CCc3ccccc3)C2)CC1. The first-order valence-corrected chi connectivity index (χ1v) is 10.6. The smallest absolute Gasteiger partial charge is 0.257 e. The molecule has 1 spiro atoms. The highest BCUT2D eigenvalue weighted by atomic mass is 16.2. The minimum Gasteiger partial charge on any atom is -0.342 e. The first-order valence-electron chi connectivity index (χ1n) is 10.6. The van der Waals surface area contributed by atoms with Crippen molar-refractivity contribution < 1.29 is 9.59 Å². The number of hydrogen-bond donors (Lipinski definition) is 0. The average molecular weight is 395 g/mol. The highest BCUT2D eigenvalue weighted by Crippen LogP contribution is 2.40. The molecule has 1 aromatic carbocycles. The number of likely N-dealkylation sites (tertiary alicyclic amines) is 2. The number of benzene rings is 1. The van der Waals surface area contributed by atoms with Crippen molar-refractivity contribution in [2.75, 3.05) is 26.2 Å². The van der Waals surface area contributed by atoms with Crippen LogP contribution in [0.1, 0.15) is 47.3 Å². The zero-order valence-corrected chi connectivity index (χ0v) is 17.4. The quantitative estimate of drug-likeness (QED) is 0.801. The summed E-state index contributed by atoms with van der Waals surface area (Å²) < 4.78 is 1.70. The van der Waals surface area contributed by atoms with Crippen LogP contribution in [0.2, 0.25) is 0 Å². The van der Waals surface area contributed by atoms with Gasteiger partial charge >= 0.3 is 0 Å². The molecule has 2 aromatic rings. The second-order valence-corrected chi connectivity index (χ2v) is 8.64. The van der Waals surface area contributed by atoms with Crippen molar-refractivity contribution in [2.24, 2.45) is 12.5 Å². The number of aryl methyl sites for hydroxylation is 2.